The number of sulfonamides is 1. The Hall–Kier alpha value is -0.910. The average molecular weight is 282 g/mol. The molecule has 106 valence electrons. The number of piperazine rings is 1. The highest BCUT2D eigenvalue weighted by atomic mass is 32.2. The molecule has 0 unspecified atom stereocenters. The summed E-state index contributed by atoms with van der Waals surface area (Å²) < 4.78 is 26.9. The standard InChI is InChI=1S/C14H22N2O2S/c1-4-15-7-9-16(10-8-15)19(17,18)14-6-5-12(2)11-13(14)3/h5-6,11H,4,7-10H2,1-3H3. The van der Waals surface area contributed by atoms with Crippen molar-refractivity contribution in [2.75, 3.05) is 32.7 Å². The summed E-state index contributed by atoms with van der Waals surface area (Å²) in [5, 5.41) is 0. The van der Waals surface area contributed by atoms with Crippen LogP contribution in [0.1, 0.15) is 18.1 Å². The molecule has 0 N–H and O–H groups in total. The molecule has 0 atom stereocenters. The first-order valence-electron chi connectivity index (χ1n) is 6.75. The van der Waals surface area contributed by atoms with Crippen LogP contribution in [0.3, 0.4) is 0 Å². The van der Waals surface area contributed by atoms with Crippen LogP contribution in [0.25, 0.3) is 0 Å². The highest BCUT2D eigenvalue weighted by Crippen LogP contribution is 2.21. The second kappa shape index (κ2) is 5.61. The number of likely N-dealkylation sites (N-methyl/N-ethyl adjacent to an activating group) is 1. The van der Waals surface area contributed by atoms with Crippen LogP contribution in [0.4, 0.5) is 0 Å². The normalized spacial score (nSPS) is 18.7. The van der Waals surface area contributed by atoms with E-state index in [4.69, 9.17) is 0 Å². The zero-order chi connectivity index (χ0) is 14.0. The average Bonchev–Trinajstić information content (AvgIpc) is 2.38. The van der Waals surface area contributed by atoms with Crippen LogP contribution in [0.2, 0.25) is 0 Å². The molecule has 2 rings (SSSR count). The van der Waals surface area contributed by atoms with Crippen molar-refractivity contribution in [1.29, 1.82) is 0 Å². The van der Waals surface area contributed by atoms with Gasteiger partial charge in [0.05, 0.1) is 4.90 Å². The maximum absolute atomic E-state index is 12.6. The van der Waals surface area contributed by atoms with E-state index >= 15 is 0 Å². The van der Waals surface area contributed by atoms with Crippen LogP contribution < -0.4 is 0 Å². The SMILES string of the molecule is CCN1CCN(S(=O)(=O)c2ccc(C)cc2C)CC1. The topological polar surface area (TPSA) is 40.6 Å². The van der Waals surface area contributed by atoms with Crippen LogP contribution in [-0.4, -0.2) is 50.3 Å². The lowest BCUT2D eigenvalue weighted by Crippen LogP contribution is -2.48. The molecule has 1 aliphatic heterocycles. The fourth-order valence-electron chi connectivity index (χ4n) is 2.51. The van der Waals surface area contributed by atoms with Crippen LogP contribution in [0, 0.1) is 13.8 Å². The molecule has 19 heavy (non-hydrogen) atoms. The summed E-state index contributed by atoms with van der Waals surface area (Å²) in [6.07, 6.45) is 0. The van der Waals surface area contributed by atoms with Gasteiger partial charge in [0.25, 0.3) is 0 Å². The number of aryl methyl sites for hydroxylation is 2. The Bertz CT molecular complexity index is 547. The van der Waals surface area contributed by atoms with Gasteiger partial charge in [-0.05, 0) is 32.0 Å². The first kappa shape index (κ1) is 14.5. The first-order valence-corrected chi connectivity index (χ1v) is 8.19. The molecule has 1 aromatic rings. The second-order valence-corrected chi connectivity index (χ2v) is 7.01. The maximum Gasteiger partial charge on any atom is 0.243 e. The van der Waals surface area contributed by atoms with Gasteiger partial charge in [0.2, 0.25) is 10.0 Å². The third-order valence-electron chi connectivity index (χ3n) is 3.73. The van der Waals surface area contributed by atoms with Crippen LogP contribution in [0.5, 0.6) is 0 Å². The molecule has 0 aliphatic carbocycles. The van der Waals surface area contributed by atoms with Gasteiger partial charge >= 0.3 is 0 Å². The van der Waals surface area contributed by atoms with E-state index in [0.717, 1.165) is 30.8 Å². The Kier molecular flexibility index (Phi) is 4.28. The van der Waals surface area contributed by atoms with Gasteiger partial charge in [0.1, 0.15) is 0 Å². The smallest absolute Gasteiger partial charge is 0.243 e. The summed E-state index contributed by atoms with van der Waals surface area (Å²) in [6, 6.07) is 5.52. The van der Waals surface area contributed by atoms with Gasteiger partial charge in [-0.25, -0.2) is 8.42 Å². The molecule has 5 heteroatoms. The molecule has 0 radical (unpaired) electrons. The quantitative estimate of drug-likeness (QED) is 0.846. The molecule has 4 nitrogen and oxygen atoms in total. The molecule has 1 heterocycles. The molecule has 0 amide bonds. The van der Waals surface area contributed by atoms with Crippen molar-refractivity contribution < 1.29 is 8.42 Å². The Balaban J connectivity index is 2.23. The fraction of sp³-hybridized carbons (Fsp3) is 0.571. The van der Waals surface area contributed by atoms with Gasteiger partial charge in [-0.15, -0.1) is 0 Å². The third kappa shape index (κ3) is 2.99. The molecule has 0 spiro atoms. The largest absolute Gasteiger partial charge is 0.301 e. The third-order valence-corrected chi connectivity index (χ3v) is 5.79. The summed E-state index contributed by atoms with van der Waals surface area (Å²) >= 11 is 0. The van der Waals surface area contributed by atoms with Gasteiger partial charge < -0.3 is 4.90 Å². The monoisotopic (exact) mass is 282 g/mol. The summed E-state index contributed by atoms with van der Waals surface area (Å²) in [4.78, 5) is 2.72. The Morgan fingerprint density at radius 2 is 1.74 bits per heavy atom. The highest BCUT2D eigenvalue weighted by molar-refractivity contribution is 7.89. The summed E-state index contributed by atoms with van der Waals surface area (Å²) in [7, 11) is -3.33. The van der Waals surface area contributed by atoms with Crippen LogP contribution in [0.15, 0.2) is 23.1 Å². The predicted molar refractivity (Wildman–Crippen MR) is 76.8 cm³/mol. The van der Waals surface area contributed by atoms with E-state index in [2.05, 4.69) is 11.8 Å². The molecule has 0 aromatic heterocycles. The summed E-state index contributed by atoms with van der Waals surface area (Å²) in [5.74, 6) is 0. The number of hydrogen-bond acceptors (Lipinski definition) is 3. The molecule has 0 saturated carbocycles. The molecule has 1 aliphatic rings. The van der Waals surface area contributed by atoms with Gasteiger partial charge in [-0.2, -0.15) is 4.31 Å². The molecule has 1 fully saturated rings. The molecule has 1 aromatic carbocycles. The van der Waals surface area contributed by atoms with Crippen molar-refractivity contribution in [2.45, 2.75) is 25.7 Å². The van der Waals surface area contributed by atoms with E-state index < -0.39 is 10.0 Å². The van der Waals surface area contributed by atoms with Crippen molar-refractivity contribution in [3.8, 4) is 0 Å². The number of nitrogens with zero attached hydrogens (tertiary/aromatic N) is 2. The minimum absolute atomic E-state index is 0.447. The second-order valence-electron chi connectivity index (χ2n) is 5.11. The van der Waals surface area contributed by atoms with Gasteiger partial charge in [0, 0.05) is 26.2 Å². The lowest BCUT2D eigenvalue weighted by atomic mass is 10.2. The molecular formula is C14H22N2O2S. The van der Waals surface area contributed by atoms with Gasteiger partial charge in [-0.3, -0.25) is 0 Å². The van der Waals surface area contributed by atoms with E-state index in [0.29, 0.717) is 18.0 Å². The van der Waals surface area contributed by atoms with Crippen molar-refractivity contribution in [3.05, 3.63) is 29.3 Å². The summed E-state index contributed by atoms with van der Waals surface area (Å²) in [5.41, 5.74) is 1.92. The minimum atomic E-state index is -3.33. The van der Waals surface area contributed by atoms with Crippen molar-refractivity contribution >= 4 is 10.0 Å². The van der Waals surface area contributed by atoms with Gasteiger partial charge in [0.15, 0.2) is 0 Å². The fourth-order valence-corrected chi connectivity index (χ4v) is 4.14. The first-order chi connectivity index (χ1) is 8.95. The van der Waals surface area contributed by atoms with Crippen molar-refractivity contribution in [2.24, 2.45) is 0 Å². The predicted octanol–water partition coefficient (Wildman–Crippen LogP) is 1.63. The van der Waals surface area contributed by atoms with Crippen molar-refractivity contribution in [3.63, 3.8) is 0 Å². The lowest BCUT2D eigenvalue weighted by Gasteiger charge is -2.33. The number of rotatable bonds is 3. The Labute approximate surface area is 116 Å². The zero-order valence-electron chi connectivity index (χ0n) is 11.9. The van der Waals surface area contributed by atoms with Gasteiger partial charge in [-0.1, -0.05) is 24.6 Å². The lowest BCUT2D eigenvalue weighted by molar-refractivity contribution is 0.196. The maximum atomic E-state index is 12.6. The Morgan fingerprint density at radius 1 is 1.11 bits per heavy atom. The van der Waals surface area contributed by atoms with E-state index in [-0.39, 0.29) is 0 Å². The Morgan fingerprint density at radius 3 is 2.26 bits per heavy atom. The molecule has 0 bridgehead atoms. The zero-order valence-corrected chi connectivity index (χ0v) is 12.7. The van der Waals surface area contributed by atoms with Crippen LogP contribution in [-0.2, 0) is 10.0 Å². The van der Waals surface area contributed by atoms with Crippen LogP contribution >= 0.6 is 0 Å². The molecular weight excluding hydrogens is 260 g/mol. The molecule has 1 saturated heterocycles. The van der Waals surface area contributed by atoms with E-state index in [1.165, 1.54) is 0 Å². The number of benzene rings is 1. The highest BCUT2D eigenvalue weighted by Gasteiger charge is 2.28. The number of hydrogen-bond donors (Lipinski definition) is 0. The van der Waals surface area contributed by atoms with E-state index in [1.807, 2.05) is 26.0 Å². The van der Waals surface area contributed by atoms with E-state index in [1.54, 1.807) is 10.4 Å². The summed E-state index contributed by atoms with van der Waals surface area (Å²) in [6.45, 7) is 9.74. The van der Waals surface area contributed by atoms with Crippen molar-refractivity contribution in [1.82, 2.24) is 9.21 Å². The minimum Gasteiger partial charge on any atom is -0.301 e. The van der Waals surface area contributed by atoms with E-state index in [9.17, 15) is 8.42 Å².